The smallest absolute Gasteiger partial charge is 0.410 e. The van der Waals surface area contributed by atoms with Gasteiger partial charge in [0.2, 0.25) is 0 Å². The molecule has 2 aromatic carbocycles. The molecule has 1 amide bonds. The highest BCUT2D eigenvalue weighted by Gasteiger charge is 2.44. The van der Waals surface area contributed by atoms with E-state index in [2.05, 4.69) is 29.2 Å². The van der Waals surface area contributed by atoms with Crippen LogP contribution in [-0.4, -0.2) is 59.8 Å². The number of amides is 1. The summed E-state index contributed by atoms with van der Waals surface area (Å²) < 4.78 is 12.1. The van der Waals surface area contributed by atoms with Gasteiger partial charge in [0.05, 0.1) is 18.2 Å². The van der Waals surface area contributed by atoms with Gasteiger partial charge < -0.3 is 14.4 Å². The van der Waals surface area contributed by atoms with Gasteiger partial charge >= 0.3 is 6.09 Å². The number of hydrogen-bond donors (Lipinski definition) is 0. The molecule has 7 heteroatoms. The van der Waals surface area contributed by atoms with Crippen LogP contribution in [-0.2, 0) is 22.3 Å². The van der Waals surface area contributed by atoms with Crippen molar-refractivity contribution in [3.8, 4) is 0 Å². The van der Waals surface area contributed by atoms with Gasteiger partial charge in [-0.2, -0.15) is 0 Å². The van der Waals surface area contributed by atoms with Crippen LogP contribution >= 0.6 is 23.2 Å². The van der Waals surface area contributed by atoms with Crippen molar-refractivity contribution in [3.63, 3.8) is 0 Å². The zero-order valence-electron chi connectivity index (χ0n) is 20.4. The Kier molecular flexibility index (Phi) is 7.49. The van der Waals surface area contributed by atoms with Gasteiger partial charge in [0, 0.05) is 36.2 Å². The summed E-state index contributed by atoms with van der Waals surface area (Å²) in [7, 11) is 0. The van der Waals surface area contributed by atoms with Crippen LogP contribution in [0, 0.1) is 0 Å². The Balaban J connectivity index is 1.48. The number of fused-ring (bicyclic) bond motifs is 1. The van der Waals surface area contributed by atoms with E-state index in [4.69, 9.17) is 32.7 Å². The molecule has 1 aliphatic carbocycles. The third-order valence-corrected chi connectivity index (χ3v) is 7.15. The molecule has 184 valence electrons. The molecule has 1 saturated heterocycles. The van der Waals surface area contributed by atoms with Crippen molar-refractivity contribution in [1.29, 1.82) is 0 Å². The Labute approximate surface area is 212 Å². The SMILES string of the molecule is CC(OCC1(N2CCN(C(=O)OC(C)(C)C)CC2)Cc2ccccc2C1)c1cc(Cl)cc(Cl)c1. The molecule has 0 radical (unpaired) electrons. The lowest BCUT2D eigenvalue weighted by Crippen LogP contribution is -2.60. The molecule has 1 heterocycles. The Hall–Kier alpha value is -1.79. The number of halogens is 2. The van der Waals surface area contributed by atoms with E-state index in [0.29, 0.717) is 29.7 Å². The molecule has 0 saturated carbocycles. The fraction of sp³-hybridized carbons (Fsp3) is 0.519. The maximum atomic E-state index is 12.6. The molecule has 2 aliphatic rings. The summed E-state index contributed by atoms with van der Waals surface area (Å²) in [6.07, 6.45) is 1.48. The van der Waals surface area contributed by atoms with Gasteiger partial charge in [-0.05, 0) is 75.4 Å². The van der Waals surface area contributed by atoms with Crippen molar-refractivity contribution in [1.82, 2.24) is 9.80 Å². The predicted molar refractivity (Wildman–Crippen MR) is 137 cm³/mol. The van der Waals surface area contributed by atoms with Crippen LogP contribution in [0.1, 0.15) is 50.5 Å². The van der Waals surface area contributed by atoms with Crippen LogP contribution in [0.15, 0.2) is 42.5 Å². The summed E-state index contributed by atoms with van der Waals surface area (Å²) in [6.45, 7) is 11.2. The first kappa shape index (κ1) is 25.3. The summed E-state index contributed by atoms with van der Waals surface area (Å²) >= 11 is 12.4. The molecule has 34 heavy (non-hydrogen) atoms. The van der Waals surface area contributed by atoms with E-state index < -0.39 is 5.60 Å². The van der Waals surface area contributed by atoms with E-state index in [0.717, 1.165) is 31.5 Å². The largest absolute Gasteiger partial charge is 0.444 e. The third-order valence-electron chi connectivity index (χ3n) is 6.72. The van der Waals surface area contributed by atoms with Crippen molar-refractivity contribution < 1.29 is 14.3 Å². The molecule has 0 spiro atoms. The first-order valence-corrected chi connectivity index (χ1v) is 12.7. The van der Waals surface area contributed by atoms with Crippen LogP contribution in [0.25, 0.3) is 0 Å². The van der Waals surface area contributed by atoms with Gasteiger partial charge in [-0.3, -0.25) is 4.90 Å². The topological polar surface area (TPSA) is 42.0 Å². The van der Waals surface area contributed by atoms with Crippen LogP contribution in [0.2, 0.25) is 10.0 Å². The van der Waals surface area contributed by atoms with E-state index in [9.17, 15) is 4.79 Å². The molecule has 2 aromatic rings. The molecule has 0 N–H and O–H groups in total. The number of piperazine rings is 1. The standard InChI is InChI=1S/C27H34Cl2N2O3/c1-19(22-13-23(28)15-24(29)14-22)33-18-27(16-20-7-5-6-8-21(20)17-27)31-11-9-30(10-12-31)25(32)34-26(2,3)4/h5-8,13-15,19H,9-12,16-18H2,1-4H3. The number of rotatable bonds is 5. The zero-order valence-corrected chi connectivity index (χ0v) is 22.0. The minimum atomic E-state index is -0.490. The van der Waals surface area contributed by atoms with Crippen molar-refractivity contribution in [2.45, 2.75) is 57.8 Å². The number of nitrogens with zero attached hydrogens (tertiary/aromatic N) is 2. The quantitative estimate of drug-likeness (QED) is 0.488. The Morgan fingerprint density at radius 1 is 1.00 bits per heavy atom. The van der Waals surface area contributed by atoms with Crippen LogP contribution < -0.4 is 0 Å². The summed E-state index contributed by atoms with van der Waals surface area (Å²) in [5.74, 6) is 0. The second-order valence-electron chi connectivity index (χ2n) is 10.5. The highest BCUT2D eigenvalue weighted by Crippen LogP contribution is 2.37. The molecule has 1 atom stereocenters. The van der Waals surface area contributed by atoms with Crippen LogP contribution in [0.3, 0.4) is 0 Å². The highest BCUT2D eigenvalue weighted by molar-refractivity contribution is 6.34. The molecule has 5 nitrogen and oxygen atoms in total. The fourth-order valence-corrected chi connectivity index (χ4v) is 5.51. The van der Waals surface area contributed by atoms with Crippen molar-refractivity contribution in [3.05, 3.63) is 69.2 Å². The molecule has 1 unspecified atom stereocenters. The number of carbonyl (C=O) groups is 1. The lowest BCUT2D eigenvalue weighted by Gasteiger charge is -2.46. The highest BCUT2D eigenvalue weighted by atomic mass is 35.5. The van der Waals surface area contributed by atoms with Crippen LogP contribution in [0.5, 0.6) is 0 Å². The van der Waals surface area contributed by atoms with E-state index in [1.165, 1.54) is 11.1 Å². The summed E-state index contributed by atoms with van der Waals surface area (Å²) in [5.41, 5.74) is 3.08. The van der Waals surface area contributed by atoms with Gasteiger partial charge in [0.1, 0.15) is 5.60 Å². The van der Waals surface area contributed by atoms with Gasteiger partial charge in [0.25, 0.3) is 0 Å². The maximum Gasteiger partial charge on any atom is 0.410 e. The average molecular weight is 505 g/mol. The van der Waals surface area contributed by atoms with Crippen LogP contribution in [0.4, 0.5) is 4.79 Å². The average Bonchev–Trinajstić information content (AvgIpc) is 3.15. The zero-order chi connectivity index (χ0) is 24.5. The first-order valence-electron chi connectivity index (χ1n) is 11.9. The lowest BCUT2D eigenvalue weighted by molar-refractivity contribution is -0.0522. The second-order valence-corrected chi connectivity index (χ2v) is 11.3. The van der Waals surface area contributed by atoms with E-state index >= 15 is 0 Å². The molecule has 1 fully saturated rings. The maximum absolute atomic E-state index is 12.6. The molecule has 0 aromatic heterocycles. The van der Waals surface area contributed by atoms with Crippen molar-refractivity contribution >= 4 is 29.3 Å². The first-order chi connectivity index (χ1) is 16.0. The van der Waals surface area contributed by atoms with E-state index in [1.807, 2.05) is 44.7 Å². The summed E-state index contributed by atoms with van der Waals surface area (Å²) in [6, 6.07) is 14.2. The number of carbonyl (C=O) groups excluding carboxylic acids is 1. The third kappa shape index (κ3) is 5.88. The summed E-state index contributed by atoms with van der Waals surface area (Å²) in [4.78, 5) is 16.9. The minimum Gasteiger partial charge on any atom is -0.444 e. The minimum absolute atomic E-state index is 0.139. The molecule has 4 rings (SSSR count). The van der Waals surface area contributed by atoms with Gasteiger partial charge in [0.15, 0.2) is 0 Å². The number of ether oxygens (including phenoxy) is 2. The van der Waals surface area contributed by atoms with Gasteiger partial charge in [-0.15, -0.1) is 0 Å². The molecule has 0 bridgehead atoms. The fourth-order valence-electron chi connectivity index (χ4n) is 4.97. The Bertz CT molecular complexity index is 984. The monoisotopic (exact) mass is 504 g/mol. The normalized spacial score (nSPS) is 19.1. The van der Waals surface area contributed by atoms with Crippen molar-refractivity contribution in [2.24, 2.45) is 0 Å². The second kappa shape index (κ2) is 10.1. The lowest BCUT2D eigenvalue weighted by atomic mass is 9.93. The molecular weight excluding hydrogens is 471 g/mol. The summed E-state index contributed by atoms with van der Waals surface area (Å²) in [5, 5.41) is 1.22. The van der Waals surface area contributed by atoms with E-state index in [1.54, 1.807) is 6.07 Å². The van der Waals surface area contributed by atoms with Crippen molar-refractivity contribution in [2.75, 3.05) is 32.8 Å². The number of benzene rings is 2. The Morgan fingerprint density at radius 2 is 1.56 bits per heavy atom. The Morgan fingerprint density at radius 3 is 2.09 bits per heavy atom. The molecular formula is C27H34Cl2N2O3. The predicted octanol–water partition coefficient (Wildman–Crippen LogP) is 6.16. The van der Waals surface area contributed by atoms with E-state index in [-0.39, 0.29) is 17.7 Å². The van der Waals surface area contributed by atoms with Gasteiger partial charge in [-0.1, -0.05) is 47.5 Å². The number of hydrogen-bond acceptors (Lipinski definition) is 4. The molecule has 1 aliphatic heterocycles. The van der Waals surface area contributed by atoms with Gasteiger partial charge in [-0.25, -0.2) is 4.79 Å².